The predicted octanol–water partition coefficient (Wildman–Crippen LogP) is 4.23. The van der Waals surface area contributed by atoms with Crippen molar-refractivity contribution in [2.45, 2.75) is 4.90 Å². The standard InChI is InChI=1S/C16H18N2S/c1-3-4-8-14-9-7-12-17-15-10-5-6-11-16(15)19-18(2)13-14/h3-11,13,17H,1,12H2,2H3/b8-4-,9-7?,14-13-. The maximum Gasteiger partial charge on any atom is 0.0518 e. The zero-order valence-electron chi connectivity index (χ0n) is 11.0. The van der Waals surface area contributed by atoms with Crippen LogP contribution in [0.25, 0.3) is 0 Å². The number of nitrogens with one attached hydrogen (secondary N) is 1. The average Bonchev–Trinajstić information content (AvgIpc) is 2.42. The maximum atomic E-state index is 3.70. The third-order valence-corrected chi connectivity index (χ3v) is 3.55. The number of para-hydroxylation sites is 1. The maximum absolute atomic E-state index is 3.70. The molecule has 98 valence electrons. The molecule has 0 atom stereocenters. The number of fused-ring (bicyclic) bond motifs is 1. The van der Waals surface area contributed by atoms with E-state index in [4.69, 9.17) is 0 Å². The summed E-state index contributed by atoms with van der Waals surface area (Å²) in [7, 11) is 2.05. The summed E-state index contributed by atoms with van der Waals surface area (Å²) in [5.74, 6) is 0. The Hall–Kier alpha value is -1.87. The van der Waals surface area contributed by atoms with Gasteiger partial charge in [0.25, 0.3) is 0 Å². The molecule has 1 aromatic carbocycles. The Morgan fingerprint density at radius 1 is 1.37 bits per heavy atom. The Kier molecular flexibility index (Phi) is 4.93. The molecule has 0 amide bonds. The Balaban J connectivity index is 2.27. The second-order valence-electron chi connectivity index (χ2n) is 4.14. The number of hydrogen-bond donors (Lipinski definition) is 1. The molecular formula is C16H18N2S. The molecule has 0 spiro atoms. The lowest BCUT2D eigenvalue weighted by Gasteiger charge is -2.18. The van der Waals surface area contributed by atoms with E-state index in [2.05, 4.69) is 65.9 Å². The molecule has 1 aliphatic rings. The van der Waals surface area contributed by atoms with Crippen LogP contribution in [-0.2, 0) is 0 Å². The summed E-state index contributed by atoms with van der Waals surface area (Å²) >= 11 is 1.71. The summed E-state index contributed by atoms with van der Waals surface area (Å²) in [6.07, 6.45) is 12.1. The second kappa shape index (κ2) is 6.90. The van der Waals surface area contributed by atoms with Crippen LogP contribution in [0.2, 0.25) is 0 Å². The first kappa shape index (κ1) is 13.6. The van der Waals surface area contributed by atoms with E-state index < -0.39 is 0 Å². The van der Waals surface area contributed by atoms with Crippen LogP contribution in [0.5, 0.6) is 0 Å². The topological polar surface area (TPSA) is 15.3 Å². The summed E-state index contributed by atoms with van der Waals surface area (Å²) in [5, 5.41) is 3.42. The van der Waals surface area contributed by atoms with E-state index in [1.54, 1.807) is 18.0 Å². The molecule has 2 rings (SSSR count). The zero-order chi connectivity index (χ0) is 13.5. The van der Waals surface area contributed by atoms with Crippen molar-refractivity contribution in [3.8, 4) is 0 Å². The van der Waals surface area contributed by atoms with Gasteiger partial charge in [0.15, 0.2) is 0 Å². The lowest BCUT2D eigenvalue weighted by atomic mass is 10.2. The predicted molar refractivity (Wildman–Crippen MR) is 85.1 cm³/mol. The molecule has 0 aromatic heterocycles. The highest BCUT2D eigenvalue weighted by atomic mass is 32.2. The van der Waals surface area contributed by atoms with Crippen LogP contribution in [0.1, 0.15) is 0 Å². The van der Waals surface area contributed by atoms with E-state index in [1.807, 2.05) is 12.2 Å². The SMILES string of the molecule is C=C/C=C\C1=C\N(C)Sc2ccccc2NCC=C1. The van der Waals surface area contributed by atoms with E-state index >= 15 is 0 Å². The third-order valence-electron chi connectivity index (χ3n) is 2.61. The lowest BCUT2D eigenvalue weighted by Crippen LogP contribution is -2.05. The molecule has 0 radical (unpaired) electrons. The molecule has 1 N–H and O–H groups in total. The largest absolute Gasteiger partial charge is 0.381 e. The Labute approximate surface area is 119 Å². The first-order valence-electron chi connectivity index (χ1n) is 6.21. The van der Waals surface area contributed by atoms with Crippen molar-refractivity contribution in [2.75, 3.05) is 18.9 Å². The fraction of sp³-hybridized carbons (Fsp3) is 0.125. The minimum Gasteiger partial charge on any atom is -0.381 e. The van der Waals surface area contributed by atoms with E-state index in [9.17, 15) is 0 Å². The molecule has 0 fully saturated rings. The van der Waals surface area contributed by atoms with Crippen molar-refractivity contribution in [3.63, 3.8) is 0 Å². The highest BCUT2D eigenvalue weighted by Gasteiger charge is 2.05. The van der Waals surface area contributed by atoms with Gasteiger partial charge in [0.2, 0.25) is 0 Å². The molecule has 1 aliphatic heterocycles. The number of nitrogens with zero attached hydrogens (tertiary/aromatic N) is 1. The van der Waals surface area contributed by atoms with Crippen LogP contribution < -0.4 is 5.32 Å². The Morgan fingerprint density at radius 3 is 3.05 bits per heavy atom. The molecule has 1 aromatic rings. The van der Waals surface area contributed by atoms with Crippen molar-refractivity contribution >= 4 is 17.6 Å². The van der Waals surface area contributed by atoms with Gasteiger partial charge in [-0.05, 0) is 29.7 Å². The first-order chi connectivity index (χ1) is 9.29. The fourth-order valence-corrected chi connectivity index (χ4v) is 2.63. The number of allylic oxidation sites excluding steroid dienone is 5. The van der Waals surface area contributed by atoms with Crippen molar-refractivity contribution < 1.29 is 0 Å². The summed E-state index contributed by atoms with van der Waals surface area (Å²) in [6, 6.07) is 8.34. The van der Waals surface area contributed by atoms with Crippen LogP contribution in [0.3, 0.4) is 0 Å². The molecule has 3 heteroatoms. The van der Waals surface area contributed by atoms with Crippen molar-refractivity contribution in [1.82, 2.24) is 4.31 Å². The van der Waals surface area contributed by atoms with Gasteiger partial charge in [0.1, 0.15) is 0 Å². The van der Waals surface area contributed by atoms with Gasteiger partial charge in [0, 0.05) is 25.5 Å². The average molecular weight is 270 g/mol. The molecule has 0 bridgehead atoms. The Bertz CT molecular complexity index is 529. The van der Waals surface area contributed by atoms with Gasteiger partial charge in [-0.25, -0.2) is 0 Å². The van der Waals surface area contributed by atoms with Crippen molar-refractivity contribution in [3.05, 3.63) is 73.0 Å². The van der Waals surface area contributed by atoms with Crippen LogP contribution in [0, 0.1) is 0 Å². The fourth-order valence-electron chi connectivity index (χ4n) is 1.77. The highest BCUT2D eigenvalue weighted by Crippen LogP contribution is 2.30. The van der Waals surface area contributed by atoms with Crippen LogP contribution in [-0.4, -0.2) is 17.9 Å². The number of benzene rings is 1. The smallest absolute Gasteiger partial charge is 0.0518 e. The summed E-state index contributed by atoms with van der Waals surface area (Å²) in [4.78, 5) is 1.23. The summed E-state index contributed by atoms with van der Waals surface area (Å²) in [5.41, 5.74) is 2.32. The van der Waals surface area contributed by atoms with Gasteiger partial charge in [-0.1, -0.05) is 49.1 Å². The summed E-state index contributed by atoms with van der Waals surface area (Å²) in [6.45, 7) is 4.52. The van der Waals surface area contributed by atoms with Crippen LogP contribution in [0.15, 0.2) is 77.9 Å². The van der Waals surface area contributed by atoms with E-state index in [1.165, 1.54) is 10.6 Å². The van der Waals surface area contributed by atoms with Crippen LogP contribution >= 0.6 is 11.9 Å². The lowest BCUT2D eigenvalue weighted by molar-refractivity contribution is 0.769. The van der Waals surface area contributed by atoms with E-state index in [0.717, 1.165) is 12.1 Å². The molecule has 0 aliphatic carbocycles. The molecule has 0 unspecified atom stereocenters. The molecule has 19 heavy (non-hydrogen) atoms. The number of hydrogen-bond acceptors (Lipinski definition) is 3. The van der Waals surface area contributed by atoms with Gasteiger partial charge in [-0.2, -0.15) is 0 Å². The van der Waals surface area contributed by atoms with Gasteiger partial charge in [-0.15, -0.1) is 0 Å². The van der Waals surface area contributed by atoms with Gasteiger partial charge >= 0.3 is 0 Å². The minimum absolute atomic E-state index is 0.820. The number of anilines is 1. The zero-order valence-corrected chi connectivity index (χ0v) is 11.9. The molecular weight excluding hydrogens is 252 g/mol. The molecule has 1 heterocycles. The van der Waals surface area contributed by atoms with E-state index in [-0.39, 0.29) is 0 Å². The Morgan fingerprint density at radius 2 is 2.21 bits per heavy atom. The van der Waals surface area contributed by atoms with E-state index in [0.29, 0.717) is 0 Å². The second-order valence-corrected chi connectivity index (χ2v) is 5.34. The van der Waals surface area contributed by atoms with Gasteiger partial charge < -0.3 is 9.62 Å². The highest BCUT2D eigenvalue weighted by molar-refractivity contribution is 7.97. The summed E-state index contributed by atoms with van der Waals surface area (Å²) < 4.78 is 2.11. The quantitative estimate of drug-likeness (QED) is 0.639. The van der Waals surface area contributed by atoms with Gasteiger partial charge in [0.05, 0.1) is 4.90 Å². The monoisotopic (exact) mass is 270 g/mol. The van der Waals surface area contributed by atoms with Crippen LogP contribution in [0.4, 0.5) is 5.69 Å². The third kappa shape index (κ3) is 4.07. The number of rotatable bonds is 2. The molecule has 2 nitrogen and oxygen atoms in total. The first-order valence-corrected chi connectivity index (χ1v) is 6.98. The molecule has 0 saturated carbocycles. The molecule has 0 saturated heterocycles. The van der Waals surface area contributed by atoms with Crippen molar-refractivity contribution in [1.29, 1.82) is 0 Å². The minimum atomic E-state index is 0.820. The van der Waals surface area contributed by atoms with Crippen molar-refractivity contribution in [2.24, 2.45) is 0 Å². The normalized spacial score (nSPS) is 18.4. The van der Waals surface area contributed by atoms with Gasteiger partial charge in [-0.3, -0.25) is 0 Å².